The third-order valence-corrected chi connectivity index (χ3v) is 10.9. The highest BCUT2D eigenvalue weighted by atomic mass is 16.5. The molecule has 0 saturated heterocycles. The quantitative estimate of drug-likeness (QED) is 0.0381. The number of carbonyl (C=O) groups excluding carboxylic acids is 2. The van der Waals surface area contributed by atoms with E-state index in [1.807, 2.05) is 0 Å². The molecule has 0 aromatic heterocycles. The van der Waals surface area contributed by atoms with Gasteiger partial charge in [-0.25, -0.2) is 0 Å². The monoisotopic (exact) mass is 738 g/mol. The van der Waals surface area contributed by atoms with Crippen molar-refractivity contribution in [2.24, 2.45) is 11.8 Å². The summed E-state index contributed by atoms with van der Waals surface area (Å²) in [6, 6.07) is 0. The molecule has 1 N–H and O–H groups in total. The topological polar surface area (TPSA) is 76.1 Å². The molecule has 0 aliphatic rings. The lowest BCUT2D eigenvalue weighted by atomic mass is 10.0. The zero-order valence-corrected chi connectivity index (χ0v) is 35.5. The molecule has 0 rings (SSSR count). The van der Waals surface area contributed by atoms with E-state index in [-0.39, 0.29) is 24.6 Å². The summed E-state index contributed by atoms with van der Waals surface area (Å²) in [7, 11) is 0. The van der Waals surface area contributed by atoms with Crippen LogP contribution in [0.5, 0.6) is 0 Å². The first-order chi connectivity index (χ1) is 25.5. The first-order valence-electron chi connectivity index (χ1n) is 23.1. The fourth-order valence-electron chi connectivity index (χ4n) is 7.31. The lowest BCUT2D eigenvalue weighted by molar-refractivity contribution is -0.150. The zero-order valence-electron chi connectivity index (χ0n) is 35.5. The van der Waals surface area contributed by atoms with Gasteiger partial charge in [0, 0.05) is 25.5 Å². The summed E-state index contributed by atoms with van der Waals surface area (Å²) in [6.07, 6.45) is 38.0. The molecule has 2 atom stereocenters. The number of unbranched alkanes of at least 4 members (excludes halogenated alkanes) is 21. The van der Waals surface area contributed by atoms with E-state index in [9.17, 15) is 14.7 Å². The normalized spacial score (nSPS) is 12.9. The van der Waals surface area contributed by atoms with Crippen LogP contribution in [0.25, 0.3) is 0 Å². The molecule has 0 radical (unpaired) electrons. The summed E-state index contributed by atoms with van der Waals surface area (Å²) in [6.45, 7) is 13.4. The summed E-state index contributed by atoms with van der Waals surface area (Å²) >= 11 is 0. The van der Waals surface area contributed by atoms with Gasteiger partial charge in [-0.3, -0.25) is 4.79 Å². The van der Waals surface area contributed by atoms with Crippen molar-refractivity contribution in [2.45, 2.75) is 233 Å². The Kier molecular flexibility index (Phi) is 40.4. The lowest BCUT2D eigenvalue weighted by Gasteiger charge is -2.21. The predicted molar refractivity (Wildman–Crippen MR) is 223 cm³/mol. The van der Waals surface area contributed by atoms with Crippen LogP contribution in [0, 0.1) is 11.8 Å². The van der Waals surface area contributed by atoms with Gasteiger partial charge in [-0.05, 0) is 76.8 Å². The van der Waals surface area contributed by atoms with Crippen molar-refractivity contribution in [3.05, 3.63) is 0 Å². The summed E-state index contributed by atoms with van der Waals surface area (Å²) < 4.78 is 11.9. The van der Waals surface area contributed by atoms with E-state index in [4.69, 9.17) is 9.47 Å². The van der Waals surface area contributed by atoms with Gasteiger partial charge in [0.1, 0.15) is 12.4 Å². The highest BCUT2D eigenvalue weighted by Crippen LogP contribution is 2.19. The number of carbonyl (C=O) groups is 2. The minimum atomic E-state index is 0.0135. The maximum absolute atomic E-state index is 12.7. The minimum absolute atomic E-state index is 0.0135. The fourth-order valence-corrected chi connectivity index (χ4v) is 7.31. The molecule has 0 aromatic rings. The van der Waals surface area contributed by atoms with E-state index in [0.717, 1.165) is 103 Å². The van der Waals surface area contributed by atoms with E-state index in [1.165, 1.54) is 122 Å². The number of ether oxygens (including phenoxy) is 2. The summed E-state index contributed by atoms with van der Waals surface area (Å²) in [5.74, 6) is 0.609. The van der Waals surface area contributed by atoms with Crippen LogP contribution in [-0.4, -0.2) is 67.8 Å². The first-order valence-corrected chi connectivity index (χ1v) is 23.1. The zero-order chi connectivity index (χ0) is 38.2. The minimum Gasteiger partial charge on any atom is -0.462 e. The number of aliphatic hydroxyl groups is 1. The molecule has 0 aliphatic carbocycles. The van der Waals surface area contributed by atoms with Gasteiger partial charge in [-0.2, -0.15) is 0 Å². The molecule has 52 heavy (non-hydrogen) atoms. The second-order valence-corrected chi connectivity index (χ2v) is 16.3. The Hall–Kier alpha value is -0.980. The Labute approximate surface area is 324 Å². The van der Waals surface area contributed by atoms with Crippen molar-refractivity contribution in [3.8, 4) is 0 Å². The number of rotatable bonds is 43. The van der Waals surface area contributed by atoms with Gasteiger partial charge in [0.2, 0.25) is 0 Å². The Bertz CT molecular complexity index is 718. The van der Waals surface area contributed by atoms with Crippen molar-refractivity contribution >= 4 is 12.3 Å². The molecule has 0 bridgehead atoms. The third-order valence-electron chi connectivity index (χ3n) is 10.9. The van der Waals surface area contributed by atoms with Crippen molar-refractivity contribution < 1.29 is 24.2 Å². The highest BCUT2D eigenvalue weighted by molar-refractivity contribution is 5.69. The van der Waals surface area contributed by atoms with Crippen LogP contribution in [0.15, 0.2) is 0 Å². The lowest BCUT2D eigenvalue weighted by Crippen LogP contribution is -2.29. The van der Waals surface area contributed by atoms with Crippen LogP contribution in [0.3, 0.4) is 0 Å². The molecule has 6 nitrogen and oxygen atoms in total. The number of hydrogen-bond donors (Lipinski definition) is 1. The van der Waals surface area contributed by atoms with E-state index < -0.39 is 0 Å². The summed E-state index contributed by atoms with van der Waals surface area (Å²) in [5, 5.41) is 9.58. The maximum atomic E-state index is 12.7. The van der Waals surface area contributed by atoms with Crippen LogP contribution < -0.4 is 0 Å². The van der Waals surface area contributed by atoms with Gasteiger partial charge < -0.3 is 24.3 Å². The molecule has 0 saturated carbocycles. The first kappa shape index (κ1) is 51.0. The highest BCUT2D eigenvalue weighted by Gasteiger charge is 2.15. The fraction of sp³-hybridized carbons (Fsp3) is 0.957. The van der Waals surface area contributed by atoms with E-state index in [1.54, 1.807) is 0 Å². The van der Waals surface area contributed by atoms with Crippen LogP contribution >= 0.6 is 0 Å². The standard InChI is InChI=1S/C46H91NO5/c1-5-8-11-14-18-26-33-45(34-27-19-15-12-9-6-2)52-46(50)35-28-20-16-22-29-36-47(38-39-48)37-30-23-21-25-32-44(40-49)42-51-41-43(4)31-24-17-13-10-7-3/h40,43-45,48H,5-39,41-42H2,1-4H3. The second kappa shape index (κ2) is 41.2. The van der Waals surface area contributed by atoms with E-state index in [2.05, 4.69) is 32.6 Å². The van der Waals surface area contributed by atoms with Gasteiger partial charge in [-0.15, -0.1) is 0 Å². The van der Waals surface area contributed by atoms with Crippen LogP contribution in [0.2, 0.25) is 0 Å². The number of esters is 1. The Morgan fingerprint density at radius 2 is 1.00 bits per heavy atom. The largest absolute Gasteiger partial charge is 0.462 e. The molecule has 0 spiro atoms. The average molecular weight is 738 g/mol. The van der Waals surface area contributed by atoms with E-state index in [0.29, 0.717) is 18.9 Å². The van der Waals surface area contributed by atoms with Gasteiger partial charge in [0.05, 0.1) is 13.2 Å². The van der Waals surface area contributed by atoms with Crippen LogP contribution in [-0.2, 0) is 19.1 Å². The summed E-state index contributed by atoms with van der Waals surface area (Å²) in [5.41, 5.74) is 0. The van der Waals surface area contributed by atoms with E-state index >= 15 is 0 Å². The number of aldehydes is 1. The SMILES string of the molecule is CCCCCCCCC(CCCCCCCC)OC(=O)CCCCCCCN(CCO)CCCCCCC(C=O)COCC(C)CCCCCCC. The number of nitrogens with zero attached hydrogens (tertiary/aromatic N) is 1. The Morgan fingerprint density at radius 3 is 1.50 bits per heavy atom. The summed E-state index contributed by atoms with van der Waals surface area (Å²) in [4.78, 5) is 26.7. The average Bonchev–Trinajstić information content (AvgIpc) is 3.14. The molecule has 0 aromatic carbocycles. The van der Waals surface area contributed by atoms with Gasteiger partial charge in [0.15, 0.2) is 0 Å². The molecule has 0 aliphatic heterocycles. The molecule has 0 amide bonds. The van der Waals surface area contributed by atoms with Crippen molar-refractivity contribution in [3.63, 3.8) is 0 Å². The number of hydrogen-bond acceptors (Lipinski definition) is 6. The third kappa shape index (κ3) is 36.0. The molecule has 0 fully saturated rings. The molecule has 2 unspecified atom stereocenters. The van der Waals surface area contributed by atoms with Crippen molar-refractivity contribution in [1.82, 2.24) is 4.90 Å². The molecule has 0 heterocycles. The number of aliphatic hydroxyl groups excluding tert-OH is 1. The molecule has 6 heteroatoms. The predicted octanol–water partition coefficient (Wildman–Crippen LogP) is 12.8. The van der Waals surface area contributed by atoms with Gasteiger partial charge in [-0.1, -0.05) is 163 Å². The smallest absolute Gasteiger partial charge is 0.306 e. The maximum Gasteiger partial charge on any atom is 0.306 e. The van der Waals surface area contributed by atoms with Gasteiger partial charge in [0.25, 0.3) is 0 Å². The van der Waals surface area contributed by atoms with Gasteiger partial charge >= 0.3 is 5.97 Å². The Morgan fingerprint density at radius 1 is 0.558 bits per heavy atom. The van der Waals surface area contributed by atoms with Crippen molar-refractivity contribution in [2.75, 3.05) is 39.5 Å². The van der Waals surface area contributed by atoms with Crippen LogP contribution in [0.1, 0.15) is 227 Å². The molecular formula is C46H91NO5. The Balaban J connectivity index is 4.06. The van der Waals surface area contributed by atoms with Crippen molar-refractivity contribution in [1.29, 1.82) is 0 Å². The second-order valence-electron chi connectivity index (χ2n) is 16.3. The molecule has 310 valence electrons. The van der Waals surface area contributed by atoms with Crippen LogP contribution in [0.4, 0.5) is 0 Å². The molecular weight excluding hydrogens is 647 g/mol.